The number of benzene rings is 2. The molecule has 0 unspecified atom stereocenters. The molecule has 3 rings (SSSR count). The minimum atomic E-state index is -0.985. The third-order valence-electron chi connectivity index (χ3n) is 3.64. The number of hydrazone groups is 1. The van der Waals surface area contributed by atoms with Crippen molar-refractivity contribution in [1.29, 1.82) is 0 Å². The number of carboxylic acids is 1. The first kappa shape index (κ1) is 17.7. The van der Waals surface area contributed by atoms with Crippen LogP contribution in [0.1, 0.15) is 15.9 Å². The molecule has 1 heterocycles. The van der Waals surface area contributed by atoms with Crippen molar-refractivity contribution in [2.45, 2.75) is 5.16 Å². The minimum absolute atomic E-state index is 0.187. The normalized spacial score (nSPS) is 11.1. The van der Waals surface area contributed by atoms with Gasteiger partial charge in [0.1, 0.15) is 0 Å². The Morgan fingerprint density at radius 1 is 1.23 bits per heavy atom. The van der Waals surface area contributed by atoms with E-state index in [0.717, 1.165) is 16.2 Å². The van der Waals surface area contributed by atoms with Gasteiger partial charge in [-0.3, -0.25) is 4.79 Å². The predicted octanol–water partition coefficient (Wildman–Crippen LogP) is 2.51. The highest BCUT2D eigenvalue weighted by Crippen LogP contribution is 2.22. The van der Waals surface area contributed by atoms with Crippen LogP contribution in [0.2, 0.25) is 0 Å². The molecule has 1 amide bonds. The lowest BCUT2D eigenvalue weighted by molar-refractivity contribution is -0.118. The number of nitrogens with zero attached hydrogens (tertiary/aromatic N) is 3. The van der Waals surface area contributed by atoms with Gasteiger partial charge < -0.3 is 9.67 Å². The maximum absolute atomic E-state index is 11.9. The Morgan fingerprint density at radius 2 is 1.96 bits per heavy atom. The van der Waals surface area contributed by atoms with Crippen molar-refractivity contribution in [1.82, 2.24) is 15.0 Å². The molecule has 0 saturated heterocycles. The van der Waals surface area contributed by atoms with Crippen LogP contribution in [-0.4, -0.2) is 38.5 Å². The second kappa shape index (κ2) is 7.83. The van der Waals surface area contributed by atoms with Crippen molar-refractivity contribution in [2.24, 2.45) is 12.1 Å². The van der Waals surface area contributed by atoms with Crippen LogP contribution in [0, 0.1) is 0 Å². The van der Waals surface area contributed by atoms with Gasteiger partial charge in [-0.1, -0.05) is 36.0 Å². The summed E-state index contributed by atoms with van der Waals surface area (Å²) in [7, 11) is 1.91. The first-order valence-corrected chi connectivity index (χ1v) is 8.72. The number of aromatic nitrogens is 2. The van der Waals surface area contributed by atoms with Crippen LogP contribution in [0.15, 0.2) is 58.8 Å². The predicted molar refractivity (Wildman–Crippen MR) is 101 cm³/mol. The van der Waals surface area contributed by atoms with Crippen LogP contribution in [0.3, 0.4) is 0 Å². The van der Waals surface area contributed by atoms with E-state index in [9.17, 15) is 9.59 Å². The second-order valence-corrected chi connectivity index (χ2v) is 6.39. The number of para-hydroxylation sites is 2. The fourth-order valence-electron chi connectivity index (χ4n) is 2.31. The van der Waals surface area contributed by atoms with Gasteiger partial charge in [-0.05, 0) is 29.8 Å². The van der Waals surface area contributed by atoms with Gasteiger partial charge in [-0.2, -0.15) is 5.10 Å². The summed E-state index contributed by atoms with van der Waals surface area (Å²) >= 11 is 1.33. The van der Waals surface area contributed by atoms with E-state index in [2.05, 4.69) is 15.5 Å². The quantitative estimate of drug-likeness (QED) is 0.396. The summed E-state index contributed by atoms with van der Waals surface area (Å²) in [6.07, 6.45) is 1.46. The Hall–Kier alpha value is -3.13. The van der Waals surface area contributed by atoms with Crippen molar-refractivity contribution < 1.29 is 14.7 Å². The Labute approximate surface area is 153 Å². The molecule has 0 aliphatic rings. The van der Waals surface area contributed by atoms with E-state index in [4.69, 9.17) is 5.11 Å². The van der Waals surface area contributed by atoms with E-state index in [1.165, 1.54) is 30.1 Å². The van der Waals surface area contributed by atoms with Crippen molar-refractivity contribution in [3.63, 3.8) is 0 Å². The molecule has 0 fully saturated rings. The number of amides is 1. The molecule has 2 N–H and O–H groups in total. The van der Waals surface area contributed by atoms with Crippen LogP contribution in [0.25, 0.3) is 11.0 Å². The summed E-state index contributed by atoms with van der Waals surface area (Å²) in [5, 5.41) is 13.5. The largest absolute Gasteiger partial charge is 0.478 e. The van der Waals surface area contributed by atoms with Crippen molar-refractivity contribution in [3.8, 4) is 0 Å². The molecule has 8 heteroatoms. The maximum atomic E-state index is 11.9. The zero-order valence-corrected chi connectivity index (χ0v) is 14.7. The van der Waals surface area contributed by atoms with Gasteiger partial charge in [0.15, 0.2) is 5.16 Å². The zero-order chi connectivity index (χ0) is 18.5. The van der Waals surface area contributed by atoms with E-state index in [-0.39, 0.29) is 17.2 Å². The van der Waals surface area contributed by atoms with E-state index in [0.29, 0.717) is 5.56 Å². The molecule has 132 valence electrons. The standard InChI is InChI=1S/C18H16N4O3S/c1-22-15-5-3-2-4-14(15)20-18(22)26-11-16(23)21-19-10-12-6-8-13(9-7-12)17(24)25/h2-10H,11H2,1H3,(H,21,23)(H,24,25)/b19-10+. The average molecular weight is 368 g/mol. The minimum Gasteiger partial charge on any atom is -0.478 e. The summed E-state index contributed by atoms with van der Waals surface area (Å²) < 4.78 is 1.94. The lowest BCUT2D eigenvalue weighted by Crippen LogP contribution is -2.19. The molecule has 7 nitrogen and oxygen atoms in total. The van der Waals surface area contributed by atoms with Gasteiger partial charge in [-0.15, -0.1) is 0 Å². The molecule has 0 atom stereocenters. The molecule has 0 aliphatic carbocycles. The van der Waals surface area contributed by atoms with Crippen LogP contribution < -0.4 is 5.43 Å². The highest BCUT2D eigenvalue weighted by Gasteiger charge is 2.09. The van der Waals surface area contributed by atoms with Crippen LogP contribution in [0.4, 0.5) is 0 Å². The summed E-state index contributed by atoms with van der Waals surface area (Å²) in [6.45, 7) is 0. The highest BCUT2D eigenvalue weighted by atomic mass is 32.2. The Balaban J connectivity index is 1.53. The maximum Gasteiger partial charge on any atom is 0.335 e. The molecule has 2 aromatic carbocycles. The number of fused-ring (bicyclic) bond motifs is 1. The number of carbonyl (C=O) groups excluding carboxylic acids is 1. The van der Waals surface area contributed by atoms with Crippen molar-refractivity contribution in [2.75, 3.05) is 5.75 Å². The van der Waals surface area contributed by atoms with Gasteiger partial charge >= 0.3 is 5.97 Å². The lowest BCUT2D eigenvalue weighted by atomic mass is 10.1. The zero-order valence-electron chi connectivity index (χ0n) is 13.9. The number of carboxylic acid groups (broad SMARTS) is 1. The van der Waals surface area contributed by atoms with Crippen LogP contribution in [0.5, 0.6) is 0 Å². The van der Waals surface area contributed by atoms with E-state index < -0.39 is 5.97 Å². The topological polar surface area (TPSA) is 96.6 Å². The molecule has 0 radical (unpaired) electrons. The Morgan fingerprint density at radius 3 is 2.65 bits per heavy atom. The van der Waals surface area contributed by atoms with E-state index in [1.54, 1.807) is 12.1 Å². The molecule has 26 heavy (non-hydrogen) atoms. The van der Waals surface area contributed by atoms with Gasteiger partial charge in [-0.25, -0.2) is 15.2 Å². The van der Waals surface area contributed by atoms with Gasteiger partial charge in [0.25, 0.3) is 5.91 Å². The molecule has 1 aromatic heterocycles. The number of rotatable bonds is 6. The summed E-state index contributed by atoms with van der Waals surface area (Å²) in [6, 6.07) is 14.0. The molecule has 3 aromatic rings. The van der Waals surface area contributed by atoms with Gasteiger partial charge in [0, 0.05) is 7.05 Å². The number of aryl methyl sites for hydroxylation is 1. The van der Waals surface area contributed by atoms with E-state index >= 15 is 0 Å². The number of nitrogens with one attached hydrogen (secondary N) is 1. The average Bonchev–Trinajstić information content (AvgIpc) is 2.97. The molecule has 0 bridgehead atoms. The third kappa shape index (κ3) is 4.09. The monoisotopic (exact) mass is 368 g/mol. The van der Waals surface area contributed by atoms with Gasteiger partial charge in [0.2, 0.25) is 0 Å². The highest BCUT2D eigenvalue weighted by molar-refractivity contribution is 7.99. The fourth-order valence-corrected chi connectivity index (χ4v) is 3.09. The smallest absolute Gasteiger partial charge is 0.335 e. The third-order valence-corrected chi connectivity index (χ3v) is 4.67. The summed E-state index contributed by atoms with van der Waals surface area (Å²) in [5.74, 6) is -1.05. The van der Waals surface area contributed by atoms with Crippen molar-refractivity contribution >= 4 is 40.9 Å². The Bertz CT molecular complexity index is 980. The molecule has 0 saturated carbocycles. The van der Waals surface area contributed by atoms with Crippen molar-refractivity contribution in [3.05, 3.63) is 59.7 Å². The molecule has 0 aliphatic heterocycles. The lowest BCUT2D eigenvalue weighted by Gasteiger charge is -2.01. The first-order valence-electron chi connectivity index (χ1n) is 7.74. The molecule has 0 spiro atoms. The second-order valence-electron chi connectivity index (χ2n) is 5.45. The number of imidazole rings is 1. The number of aromatic carboxylic acids is 1. The fraction of sp³-hybridized carbons (Fsp3) is 0.111. The van der Waals surface area contributed by atoms with Gasteiger partial charge in [0.05, 0.1) is 28.6 Å². The van der Waals surface area contributed by atoms with Crippen LogP contribution in [-0.2, 0) is 11.8 Å². The number of hydrogen-bond donors (Lipinski definition) is 2. The summed E-state index contributed by atoms with van der Waals surface area (Å²) in [4.78, 5) is 27.2. The van der Waals surface area contributed by atoms with Crippen LogP contribution >= 0.6 is 11.8 Å². The Kier molecular flexibility index (Phi) is 5.33. The number of hydrogen-bond acceptors (Lipinski definition) is 5. The summed E-state index contributed by atoms with van der Waals surface area (Å²) in [5.41, 5.74) is 5.24. The molecular formula is C18H16N4O3S. The first-order chi connectivity index (χ1) is 12.5. The SMILES string of the molecule is Cn1c(SCC(=O)N/N=C/c2ccc(C(=O)O)cc2)nc2ccccc21. The number of carbonyl (C=O) groups is 2. The molecular weight excluding hydrogens is 352 g/mol. The van der Waals surface area contributed by atoms with E-state index in [1.807, 2.05) is 35.9 Å². The number of thioether (sulfide) groups is 1.